The SMILES string of the molecule is CC(C)C1=Cc2cc(C(C)C)ccc2C(C(C)C)C1. The molecule has 1 aromatic rings. The van der Waals surface area contributed by atoms with E-state index < -0.39 is 0 Å². The largest absolute Gasteiger partial charge is 0.0664 e. The molecule has 2 rings (SSSR count). The van der Waals surface area contributed by atoms with E-state index >= 15 is 0 Å². The van der Waals surface area contributed by atoms with Crippen LogP contribution in [0.2, 0.25) is 0 Å². The number of hydrogen-bond acceptors (Lipinski definition) is 0. The molecule has 0 aliphatic heterocycles. The minimum Gasteiger partial charge on any atom is -0.0664 e. The summed E-state index contributed by atoms with van der Waals surface area (Å²) in [6.45, 7) is 13.9. The second kappa shape index (κ2) is 5.53. The molecule has 0 aromatic heterocycles. The van der Waals surface area contributed by atoms with E-state index in [1.807, 2.05) is 0 Å². The summed E-state index contributed by atoms with van der Waals surface area (Å²) in [6, 6.07) is 7.12. The lowest BCUT2D eigenvalue weighted by Gasteiger charge is -2.31. The minimum atomic E-state index is 0.612. The number of rotatable bonds is 3. The zero-order chi connectivity index (χ0) is 14.2. The quantitative estimate of drug-likeness (QED) is 0.623. The molecule has 1 aliphatic rings. The van der Waals surface area contributed by atoms with Crippen LogP contribution in [0.4, 0.5) is 0 Å². The van der Waals surface area contributed by atoms with Crippen LogP contribution in [0.3, 0.4) is 0 Å². The van der Waals surface area contributed by atoms with Crippen LogP contribution < -0.4 is 0 Å². The predicted molar refractivity (Wildman–Crippen MR) is 85.5 cm³/mol. The van der Waals surface area contributed by atoms with Gasteiger partial charge in [-0.3, -0.25) is 0 Å². The smallest absolute Gasteiger partial charge is 0.00955 e. The van der Waals surface area contributed by atoms with E-state index in [0.29, 0.717) is 23.7 Å². The van der Waals surface area contributed by atoms with Gasteiger partial charge in [0.1, 0.15) is 0 Å². The summed E-state index contributed by atoms with van der Waals surface area (Å²) in [5.74, 6) is 2.68. The van der Waals surface area contributed by atoms with Crippen LogP contribution >= 0.6 is 0 Å². The first-order chi connectivity index (χ1) is 8.90. The maximum atomic E-state index is 2.45. The fourth-order valence-electron chi connectivity index (χ4n) is 3.03. The minimum absolute atomic E-state index is 0.612. The highest BCUT2D eigenvalue weighted by Crippen LogP contribution is 2.41. The van der Waals surface area contributed by atoms with Crippen molar-refractivity contribution in [3.05, 3.63) is 40.5 Å². The Morgan fingerprint density at radius 2 is 1.63 bits per heavy atom. The van der Waals surface area contributed by atoms with Crippen LogP contribution in [0.25, 0.3) is 6.08 Å². The van der Waals surface area contributed by atoms with E-state index in [2.05, 4.69) is 65.8 Å². The van der Waals surface area contributed by atoms with Crippen molar-refractivity contribution in [1.29, 1.82) is 0 Å². The summed E-state index contributed by atoms with van der Waals surface area (Å²) < 4.78 is 0. The van der Waals surface area contributed by atoms with Crippen LogP contribution in [0.1, 0.15) is 76.5 Å². The molecule has 0 heterocycles. The molecule has 0 radical (unpaired) electrons. The molecule has 0 spiro atoms. The normalized spacial score (nSPS) is 19.0. The molecule has 0 fully saturated rings. The summed E-state index contributed by atoms with van der Waals surface area (Å²) in [5, 5.41) is 0. The molecular formula is C19H28. The molecule has 1 aromatic carbocycles. The van der Waals surface area contributed by atoms with Crippen LogP contribution in [0, 0.1) is 11.8 Å². The van der Waals surface area contributed by atoms with Gasteiger partial charge in [-0.25, -0.2) is 0 Å². The van der Waals surface area contributed by atoms with Crippen molar-refractivity contribution in [2.24, 2.45) is 11.8 Å². The highest BCUT2D eigenvalue weighted by Gasteiger charge is 2.25. The first-order valence-corrected chi connectivity index (χ1v) is 7.74. The molecule has 19 heavy (non-hydrogen) atoms. The molecule has 0 saturated heterocycles. The number of benzene rings is 1. The van der Waals surface area contributed by atoms with Gasteiger partial charge in [-0.2, -0.15) is 0 Å². The van der Waals surface area contributed by atoms with Crippen molar-refractivity contribution >= 4 is 6.08 Å². The monoisotopic (exact) mass is 256 g/mol. The fourth-order valence-corrected chi connectivity index (χ4v) is 3.03. The summed E-state index contributed by atoms with van der Waals surface area (Å²) in [5.41, 5.74) is 6.11. The van der Waals surface area contributed by atoms with Gasteiger partial charge in [-0.05, 0) is 46.8 Å². The second-order valence-corrected chi connectivity index (χ2v) is 6.97. The zero-order valence-corrected chi connectivity index (χ0v) is 13.3. The van der Waals surface area contributed by atoms with Gasteiger partial charge >= 0.3 is 0 Å². The lowest BCUT2D eigenvalue weighted by atomic mass is 9.74. The van der Waals surface area contributed by atoms with Gasteiger partial charge in [0.15, 0.2) is 0 Å². The Bertz CT molecular complexity index is 475. The summed E-state index contributed by atoms with van der Waals surface area (Å²) >= 11 is 0. The molecule has 0 saturated carbocycles. The van der Waals surface area contributed by atoms with E-state index in [1.54, 1.807) is 11.1 Å². The average Bonchev–Trinajstić information content (AvgIpc) is 2.36. The Labute approximate surface area is 118 Å². The van der Waals surface area contributed by atoms with Crippen LogP contribution in [0.5, 0.6) is 0 Å². The number of hydrogen-bond donors (Lipinski definition) is 0. The predicted octanol–water partition coefficient (Wildman–Crippen LogP) is 5.99. The number of fused-ring (bicyclic) bond motifs is 1. The molecule has 0 bridgehead atoms. The zero-order valence-electron chi connectivity index (χ0n) is 13.3. The highest BCUT2D eigenvalue weighted by molar-refractivity contribution is 5.62. The molecule has 0 amide bonds. The van der Waals surface area contributed by atoms with E-state index in [-0.39, 0.29) is 0 Å². The maximum Gasteiger partial charge on any atom is -0.00955 e. The first kappa shape index (κ1) is 14.4. The lowest BCUT2D eigenvalue weighted by Crippen LogP contribution is -2.15. The van der Waals surface area contributed by atoms with Crippen molar-refractivity contribution in [1.82, 2.24) is 0 Å². The van der Waals surface area contributed by atoms with E-state index in [9.17, 15) is 0 Å². The van der Waals surface area contributed by atoms with Crippen LogP contribution in [0.15, 0.2) is 23.8 Å². The van der Waals surface area contributed by atoms with Gasteiger partial charge in [0.2, 0.25) is 0 Å². The second-order valence-electron chi connectivity index (χ2n) is 6.97. The molecule has 0 N–H and O–H groups in total. The molecule has 0 nitrogen and oxygen atoms in total. The molecular weight excluding hydrogens is 228 g/mol. The third-order valence-corrected chi connectivity index (χ3v) is 4.52. The van der Waals surface area contributed by atoms with E-state index in [4.69, 9.17) is 0 Å². The average molecular weight is 256 g/mol. The van der Waals surface area contributed by atoms with Crippen LogP contribution in [-0.4, -0.2) is 0 Å². The van der Waals surface area contributed by atoms with Crippen LogP contribution in [-0.2, 0) is 0 Å². The molecule has 0 heteroatoms. The van der Waals surface area contributed by atoms with E-state index in [0.717, 1.165) is 0 Å². The third-order valence-electron chi connectivity index (χ3n) is 4.52. The maximum absolute atomic E-state index is 2.45. The molecule has 1 unspecified atom stereocenters. The van der Waals surface area contributed by atoms with Crippen molar-refractivity contribution in [2.45, 2.75) is 59.8 Å². The molecule has 104 valence electrons. The Hall–Kier alpha value is -1.04. The summed E-state index contributed by atoms with van der Waals surface area (Å²) in [6.07, 6.45) is 3.69. The van der Waals surface area contributed by atoms with Gasteiger partial charge < -0.3 is 0 Å². The Morgan fingerprint density at radius 3 is 2.16 bits per heavy atom. The summed E-state index contributed by atoms with van der Waals surface area (Å²) in [7, 11) is 0. The van der Waals surface area contributed by atoms with Crippen molar-refractivity contribution in [2.75, 3.05) is 0 Å². The molecule has 1 atom stereocenters. The fraction of sp³-hybridized carbons (Fsp3) is 0.579. The van der Waals surface area contributed by atoms with Gasteiger partial charge in [0, 0.05) is 0 Å². The first-order valence-electron chi connectivity index (χ1n) is 7.74. The highest BCUT2D eigenvalue weighted by atomic mass is 14.3. The van der Waals surface area contributed by atoms with Gasteiger partial charge in [0.05, 0.1) is 0 Å². The standard InChI is InChI=1S/C19H28/c1-12(2)15-7-8-18-17(9-15)10-16(13(3)4)11-19(18)14(5)6/h7-10,12-14,19H,11H2,1-6H3. The summed E-state index contributed by atoms with van der Waals surface area (Å²) in [4.78, 5) is 0. The third kappa shape index (κ3) is 2.94. The molecule has 1 aliphatic carbocycles. The van der Waals surface area contributed by atoms with Crippen molar-refractivity contribution in [3.63, 3.8) is 0 Å². The van der Waals surface area contributed by atoms with Crippen molar-refractivity contribution in [3.8, 4) is 0 Å². The van der Waals surface area contributed by atoms with E-state index in [1.165, 1.54) is 17.5 Å². The van der Waals surface area contributed by atoms with Crippen molar-refractivity contribution < 1.29 is 0 Å². The Kier molecular flexibility index (Phi) is 4.18. The Morgan fingerprint density at radius 1 is 0.947 bits per heavy atom. The van der Waals surface area contributed by atoms with Gasteiger partial charge in [0.25, 0.3) is 0 Å². The topological polar surface area (TPSA) is 0 Å². The number of allylic oxidation sites excluding steroid dienone is 1. The van der Waals surface area contributed by atoms with Gasteiger partial charge in [-0.15, -0.1) is 0 Å². The Balaban J connectivity index is 2.50. The lowest BCUT2D eigenvalue weighted by molar-refractivity contribution is 0.474. The van der Waals surface area contributed by atoms with Gasteiger partial charge in [-0.1, -0.05) is 71.4 Å².